The van der Waals surface area contributed by atoms with Crippen LogP contribution in [0.3, 0.4) is 0 Å². The molecule has 4 aromatic carbocycles. The maximum absolute atomic E-state index is 14.8. The molecular weight excluding hydrogens is 1990 g/mol. The number of nitrogens with one attached hydrogen (secondary N) is 4. The fourth-order valence-electron chi connectivity index (χ4n) is 13.1. The number of benzene rings is 4. The van der Waals surface area contributed by atoms with Gasteiger partial charge in [-0.1, -0.05) is 40.2 Å². The number of aromatic nitrogens is 4. The van der Waals surface area contributed by atoms with Crippen molar-refractivity contribution in [2.24, 2.45) is 28.2 Å². The monoisotopic (exact) mass is 2070 g/mol. The zero-order valence-electron chi connectivity index (χ0n) is 62.3. The Morgan fingerprint density at radius 3 is 0.930 bits per heavy atom. The molecule has 4 saturated carbocycles. The number of aliphatic hydroxyl groups excluding tert-OH is 5. The van der Waals surface area contributed by atoms with E-state index in [0.717, 1.165) is 18.9 Å². The smallest absolute Gasteiger partial charge is 0.286 e. The molecule has 8 aromatic rings. The summed E-state index contributed by atoms with van der Waals surface area (Å²) >= 11 is 9.08. The highest BCUT2D eigenvalue weighted by Crippen LogP contribution is 2.51. The van der Waals surface area contributed by atoms with E-state index in [-0.39, 0.29) is 140 Å². The van der Waals surface area contributed by atoms with Crippen LogP contribution in [0.1, 0.15) is 133 Å². The molecule has 4 fully saturated rings. The molecule has 4 aliphatic rings. The Morgan fingerprint density at radius 2 is 0.667 bits per heavy atom. The molecule has 4 aromatic heterocycles. The van der Waals surface area contributed by atoms with Crippen molar-refractivity contribution >= 4 is 147 Å². The van der Waals surface area contributed by atoms with Crippen molar-refractivity contribution < 1.29 is 85.5 Å². The first-order valence-electron chi connectivity index (χ1n) is 35.4. The van der Waals surface area contributed by atoms with Gasteiger partial charge in [0, 0.05) is 136 Å². The molecule has 4 aliphatic carbocycles. The van der Waals surface area contributed by atoms with Gasteiger partial charge in [-0.05, 0) is 241 Å². The van der Waals surface area contributed by atoms with E-state index in [1.54, 1.807) is 57.3 Å². The highest BCUT2D eigenvalue weighted by molar-refractivity contribution is 14.1. The van der Waals surface area contributed by atoms with Crippen molar-refractivity contribution in [3.05, 3.63) is 245 Å². The van der Waals surface area contributed by atoms with E-state index >= 15 is 0 Å². The zero-order chi connectivity index (χ0) is 84.3. The number of rotatable bonds is 29. The Hall–Kier alpha value is -6.27. The van der Waals surface area contributed by atoms with Crippen LogP contribution in [0.4, 0.5) is 49.1 Å². The summed E-state index contributed by atoms with van der Waals surface area (Å²) in [7, 11) is -9.88. The number of sulfonamides is 4. The number of pyridine rings is 4. The molecule has 12 rings (SSSR count). The standard InChI is InChI=1S/C19H22BrFN2O4S.C19H21F2IN2O5S.C19H22FIN2O4S.C18H19F2IN2O4S/c1-12-15(9-13-3-4-14(20)10-16(13)21)17(11-23(2)18(12)25)22-28(26,27)19(5-6-19)7-8-24;1-24-9-16(23-30(28,29)19(4-5-19)8-13(26)10-25)14(17(21)18(24)27)6-11-2-3-12(22)7-15(11)20;1-12-15(9-13-3-4-14(21)10-16(13)20)17(11-23(2)18(12)25)22-28(26,27)19(5-6-19)7-8-24;1-23-10-15(22-28(26,27)18(4-5-18)6-7-24)13(16(20)17(23)25)8-11-2-3-12(21)9-14(11)19/h3-4,10-11,22,24H,5-9H2,1-2H3;2-3,7,9,13,23,25-26H,4-6,8,10H2,1H3;3-4,10-11,22,24H,5-9H2,1-2H3;2-3,9-10,22,24H,4-8H2,1H3. The molecule has 0 amide bonds. The summed E-state index contributed by atoms with van der Waals surface area (Å²) in [5, 5.41) is 46.3. The van der Waals surface area contributed by atoms with Gasteiger partial charge in [0.15, 0.2) is 11.6 Å². The van der Waals surface area contributed by atoms with Crippen LogP contribution in [0.2, 0.25) is 0 Å². The van der Waals surface area contributed by atoms with Crippen LogP contribution < -0.4 is 41.1 Å². The van der Waals surface area contributed by atoms with Crippen molar-refractivity contribution in [2.75, 3.05) is 45.3 Å². The first-order chi connectivity index (χ1) is 53.3. The van der Waals surface area contributed by atoms with Gasteiger partial charge in [-0.25, -0.2) is 60.0 Å². The van der Waals surface area contributed by atoms with Crippen LogP contribution in [0.5, 0.6) is 0 Å². The second kappa shape index (κ2) is 36.5. The molecule has 1 unspecified atom stereocenters. The third kappa shape index (κ3) is 20.7. The quantitative estimate of drug-likeness (QED) is 0.0155. The van der Waals surface area contributed by atoms with Gasteiger partial charge in [0.1, 0.15) is 23.3 Å². The number of nitrogens with zero attached hydrogens (tertiary/aromatic N) is 4. The minimum Gasteiger partial charge on any atom is -0.396 e. The molecule has 0 saturated heterocycles. The van der Waals surface area contributed by atoms with Gasteiger partial charge in [0.05, 0.1) is 54.4 Å². The van der Waals surface area contributed by atoms with Crippen molar-refractivity contribution in [3.8, 4) is 0 Å². The third-order valence-corrected chi connectivity index (χ3v) is 32.3. The van der Waals surface area contributed by atoms with E-state index in [1.807, 2.05) is 67.8 Å². The van der Waals surface area contributed by atoms with Gasteiger partial charge in [0.25, 0.3) is 22.2 Å². The normalized spacial score (nSPS) is 15.7. The highest BCUT2D eigenvalue weighted by atomic mass is 127. The van der Waals surface area contributed by atoms with Crippen molar-refractivity contribution in [1.82, 2.24) is 18.3 Å². The molecule has 0 bridgehead atoms. The molecular formula is C75H84BrF6I3N8O17S4. The van der Waals surface area contributed by atoms with Gasteiger partial charge in [-0.2, -0.15) is 0 Å². The molecule has 0 aliphatic heterocycles. The lowest BCUT2D eigenvalue weighted by Gasteiger charge is -2.22. The van der Waals surface area contributed by atoms with Crippen molar-refractivity contribution in [3.63, 3.8) is 0 Å². The van der Waals surface area contributed by atoms with E-state index in [0.29, 0.717) is 83.5 Å². The summed E-state index contributed by atoms with van der Waals surface area (Å²) < 4.78 is 203. The first-order valence-corrected chi connectivity index (χ1v) is 45.4. The Bertz CT molecular complexity index is 5360. The second-order valence-corrected chi connectivity index (χ2v) is 41.9. The number of anilines is 4. The third-order valence-electron chi connectivity index (χ3n) is 20.9. The van der Waals surface area contributed by atoms with Gasteiger partial charge >= 0.3 is 0 Å². The fourth-order valence-corrected chi connectivity index (χ4v) is 21.6. The van der Waals surface area contributed by atoms with Crippen molar-refractivity contribution in [2.45, 2.75) is 142 Å². The predicted octanol–water partition coefficient (Wildman–Crippen LogP) is 9.92. The fraction of sp³-hybridized carbons (Fsp3) is 0.413. The molecule has 1 atom stereocenters. The summed E-state index contributed by atoms with van der Waals surface area (Å²) in [4.78, 5) is 48.9. The number of aliphatic hydroxyl groups is 5. The van der Waals surface area contributed by atoms with Crippen LogP contribution >= 0.6 is 83.7 Å². The van der Waals surface area contributed by atoms with Gasteiger partial charge in [-0.15, -0.1) is 0 Å². The Balaban J connectivity index is 0.000000174. The zero-order valence-corrected chi connectivity index (χ0v) is 73.6. The number of halogens is 10. The van der Waals surface area contributed by atoms with Gasteiger partial charge in [0.2, 0.25) is 40.1 Å². The van der Waals surface area contributed by atoms with Gasteiger partial charge < -0.3 is 43.8 Å². The summed E-state index contributed by atoms with van der Waals surface area (Å²) in [6.07, 6.45) is 7.00. The summed E-state index contributed by atoms with van der Waals surface area (Å²) in [6.45, 7) is 1.91. The maximum atomic E-state index is 14.8. The lowest BCUT2D eigenvalue weighted by atomic mass is 10.00. The van der Waals surface area contributed by atoms with E-state index in [2.05, 4.69) is 34.8 Å². The SMILES string of the molecule is Cc1c(Cc2ccc(Br)cc2F)c(NS(=O)(=O)C2(CCO)CC2)cn(C)c1=O.Cc1c(Cc2ccc(I)cc2F)c(NS(=O)(=O)C2(CCO)CC2)cn(C)c1=O.Cn1cc(NS(=O)(=O)C2(CC(O)CO)CC2)c(Cc2ccc(I)cc2F)c(F)c1=O.Cn1cc(NS(=O)(=O)C2(CCO)CC2)c(Cc2ccc(I)cc2F)c(F)c1=O. The largest absolute Gasteiger partial charge is 0.396 e. The summed E-state index contributed by atoms with van der Waals surface area (Å²) in [6, 6.07) is 18.1. The van der Waals surface area contributed by atoms with E-state index < -0.39 is 118 Å². The average molecular weight is 2070 g/mol. The lowest BCUT2D eigenvalue weighted by molar-refractivity contribution is 0.0858. The summed E-state index contributed by atoms with van der Waals surface area (Å²) in [5.41, 5.74) is -0.0548. The van der Waals surface area contributed by atoms with Crippen LogP contribution in [0.15, 0.2) is 121 Å². The Kier molecular flexibility index (Phi) is 29.4. The number of hydrogen-bond donors (Lipinski definition) is 9. The van der Waals surface area contributed by atoms with Gasteiger partial charge in [-0.3, -0.25) is 38.1 Å². The molecule has 25 nitrogen and oxygen atoms in total. The Morgan fingerprint density at radius 1 is 0.412 bits per heavy atom. The van der Waals surface area contributed by atoms with Crippen LogP contribution in [-0.2, 0) is 94.0 Å². The highest BCUT2D eigenvalue weighted by Gasteiger charge is 2.57. The van der Waals surface area contributed by atoms with Crippen LogP contribution in [0, 0.1) is 59.5 Å². The minimum absolute atomic E-state index is 0.0671. The van der Waals surface area contributed by atoms with Crippen LogP contribution in [-0.4, -0.2) is 129 Å². The topological polar surface area (TPSA) is 374 Å². The summed E-state index contributed by atoms with van der Waals surface area (Å²) in [5.74, 6) is -4.31. The molecule has 39 heteroatoms. The Labute approximate surface area is 703 Å². The molecule has 114 heavy (non-hydrogen) atoms. The predicted molar refractivity (Wildman–Crippen MR) is 450 cm³/mol. The van der Waals surface area contributed by atoms with E-state index in [9.17, 15) is 94.5 Å². The number of hydrogen-bond acceptors (Lipinski definition) is 17. The average Bonchev–Trinajstić information content (AvgIpc) is 1.60. The minimum atomic E-state index is -4.08. The lowest BCUT2D eigenvalue weighted by Crippen LogP contribution is -2.35. The van der Waals surface area contributed by atoms with Crippen LogP contribution in [0.25, 0.3) is 0 Å². The maximum Gasteiger partial charge on any atom is 0.286 e. The molecule has 0 radical (unpaired) electrons. The first kappa shape index (κ1) is 91.6. The molecule has 620 valence electrons. The molecule has 9 N–H and O–H groups in total. The van der Waals surface area contributed by atoms with Crippen molar-refractivity contribution in [1.29, 1.82) is 0 Å². The number of aryl methyl sites for hydroxylation is 4. The molecule has 0 spiro atoms. The van der Waals surface area contributed by atoms with E-state index in [4.69, 9.17) is 10.2 Å². The van der Waals surface area contributed by atoms with E-state index in [1.165, 1.54) is 85.3 Å². The second-order valence-electron chi connectivity index (χ2n) is 28.9. The molecule has 4 heterocycles.